The maximum Gasteiger partial charge on any atom is 0.164 e. The number of nitrogens with zero attached hydrogens (tertiary/aromatic N) is 4. The van der Waals surface area contributed by atoms with E-state index in [0.717, 1.165) is 53.7 Å². The minimum absolute atomic E-state index is 0.0879. The maximum absolute atomic E-state index is 6.01. The number of aromatic nitrogens is 3. The highest BCUT2D eigenvalue weighted by molar-refractivity contribution is 7.19. The summed E-state index contributed by atoms with van der Waals surface area (Å²) >= 11 is 1.84. The Kier molecular flexibility index (Phi) is 4.50. The van der Waals surface area contributed by atoms with Gasteiger partial charge in [0.25, 0.3) is 0 Å². The Morgan fingerprint density at radius 3 is 2.93 bits per heavy atom. The van der Waals surface area contributed by atoms with Crippen molar-refractivity contribution in [3.05, 3.63) is 59.1 Å². The first-order valence-corrected chi connectivity index (χ1v) is 11.3. The van der Waals surface area contributed by atoms with Crippen LogP contribution in [0, 0.1) is 0 Å². The van der Waals surface area contributed by atoms with Crippen LogP contribution >= 0.6 is 11.3 Å². The molecule has 6 rings (SSSR count). The monoisotopic (exact) mass is 418 g/mol. The predicted molar refractivity (Wildman–Crippen MR) is 117 cm³/mol. The molecule has 2 aliphatic rings. The van der Waals surface area contributed by atoms with Gasteiger partial charge in [0.15, 0.2) is 5.82 Å². The Morgan fingerprint density at radius 2 is 2.07 bits per heavy atom. The van der Waals surface area contributed by atoms with Gasteiger partial charge in [-0.25, -0.2) is 9.97 Å². The number of furan rings is 1. The Hall–Kier alpha value is -2.77. The van der Waals surface area contributed by atoms with Gasteiger partial charge in [-0.05, 0) is 55.5 Å². The molecule has 0 spiro atoms. The first-order chi connectivity index (χ1) is 14.9. The zero-order valence-electron chi connectivity index (χ0n) is 16.6. The zero-order chi connectivity index (χ0) is 19.9. The number of fused-ring (bicyclic) bond motifs is 3. The average Bonchev–Trinajstić information content (AvgIpc) is 3.47. The molecule has 1 saturated heterocycles. The van der Waals surface area contributed by atoms with Crippen LogP contribution < -0.4 is 4.90 Å². The lowest BCUT2D eigenvalue weighted by atomic mass is 9.96. The van der Waals surface area contributed by atoms with Gasteiger partial charge >= 0.3 is 0 Å². The molecule has 1 aliphatic carbocycles. The predicted octanol–water partition coefficient (Wildman–Crippen LogP) is 4.80. The molecule has 152 valence electrons. The molecule has 0 N–H and O–H groups in total. The number of morpholine rings is 1. The average molecular weight is 419 g/mol. The molecule has 0 radical (unpaired) electrons. The van der Waals surface area contributed by atoms with Crippen LogP contribution in [-0.2, 0) is 17.6 Å². The molecular formula is C23H22N4O2S. The number of hydrogen-bond donors (Lipinski definition) is 0. The molecule has 0 bridgehead atoms. The summed E-state index contributed by atoms with van der Waals surface area (Å²) in [6.45, 7) is 2.17. The third-order valence-corrected chi connectivity index (χ3v) is 7.13. The van der Waals surface area contributed by atoms with E-state index in [0.29, 0.717) is 6.61 Å². The summed E-state index contributed by atoms with van der Waals surface area (Å²) in [5, 5.41) is 1.24. The number of hydrogen-bond acceptors (Lipinski definition) is 7. The summed E-state index contributed by atoms with van der Waals surface area (Å²) in [6.07, 6.45) is 9.99. The Balaban J connectivity index is 1.49. The molecule has 1 atom stereocenters. The summed E-state index contributed by atoms with van der Waals surface area (Å²) in [5.41, 5.74) is 2.40. The van der Waals surface area contributed by atoms with Crippen LogP contribution in [-0.4, -0.2) is 34.6 Å². The third-order valence-electron chi connectivity index (χ3n) is 5.94. The van der Waals surface area contributed by atoms with Crippen LogP contribution in [0.3, 0.4) is 0 Å². The normalized spacial score (nSPS) is 19.2. The van der Waals surface area contributed by atoms with Crippen molar-refractivity contribution < 1.29 is 9.15 Å². The smallest absolute Gasteiger partial charge is 0.164 e. The van der Waals surface area contributed by atoms with Gasteiger partial charge in [-0.2, -0.15) is 0 Å². The summed E-state index contributed by atoms with van der Waals surface area (Å²) in [4.78, 5) is 19.2. The lowest BCUT2D eigenvalue weighted by Crippen LogP contribution is -2.39. The van der Waals surface area contributed by atoms with Crippen molar-refractivity contribution in [1.82, 2.24) is 15.0 Å². The van der Waals surface area contributed by atoms with Gasteiger partial charge in [-0.1, -0.05) is 0 Å². The van der Waals surface area contributed by atoms with E-state index in [4.69, 9.17) is 19.1 Å². The van der Waals surface area contributed by atoms with E-state index in [9.17, 15) is 0 Å². The van der Waals surface area contributed by atoms with Crippen LogP contribution in [0.2, 0.25) is 0 Å². The largest absolute Gasteiger partial charge is 0.467 e. The van der Waals surface area contributed by atoms with Gasteiger partial charge in [0.1, 0.15) is 22.5 Å². The fourth-order valence-corrected chi connectivity index (χ4v) is 5.74. The van der Waals surface area contributed by atoms with Gasteiger partial charge in [0, 0.05) is 29.4 Å². The van der Waals surface area contributed by atoms with E-state index in [1.54, 1.807) is 12.5 Å². The third kappa shape index (κ3) is 3.09. The molecule has 7 heteroatoms. The van der Waals surface area contributed by atoms with Crippen LogP contribution in [0.25, 0.3) is 21.6 Å². The van der Waals surface area contributed by atoms with Gasteiger partial charge < -0.3 is 14.1 Å². The number of anilines is 1. The summed E-state index contributed by atoms with van der Waals surface area (Å²) in [5.74, 6) is 2.63. The number of thiophene rings is 1. The van der Waals surface area contributed by atoms with Crippen molar-refractivity contribution in [2.45, 2.75) is 31.8 Å². The SMILES string of the molecule is c1cncc(-c2nc(N3CCOC(c4ccco4)C3)c3c4c(sc3n2)CCCC4)c1. The Bertz CT molecular complexity index is 1170. The van der Waals surface area contributed by atoms with E-state index >= 15 is 0 Å². The van der Waals surface area contributed by atoms with Crippen molar-refractivity contribution in [1.29, 1.82) is 0 Å². The van der Waals surface area contributed by atoms with Crippen LogP contribution in [0.15, 0.2) is 47.3 Å². The van der Waals surface area contributed by atoms with E-state index in [2.05, 4.69) is 9.88 Å². The standard InChI is InChI=1S/C23H22N4O2S/c1-2-8-19-16(6-1)20-22(27-10-12-29-18(14-27)17-7-4-11-28-17)25-21(26-23(20)30-19)15-5-3-9-24-13-15/h3-5,7,9,11,13,18H,1-2,6,8,10,12,14H2. The highest BCUT2D eigenvalue weighted by Gasteiger charge is 2.29. The Labute approximate surface area is 178 Å². The minimum Gasteiger partial charge on any atom is -0.467 e. The molecule has 4 aromatic heterocycles. The highest BCUT2D eigenvalue weighted by atomic mass is 32.1. The quantitative estimate of drug-likeness (QED) is 0.476. The van der Waals surface area contributed by atoms with Crippen molar-refractivity contribution in [3.8, 4) is 11.4 Å². The van der Waals surface area contributed by atoms with E-state index in [1.165, 1.54) is 28.7 Å². The lowest BCUT2D eigenvalue weighted by Gasteiger charge is -2.33. The lowest BCUT2D eigenvalue weighted by molar-refractivity contribution is 0.0256. The van der Waals surface area contributed by atoms with Crippen molar-refractivity contribution >= 4 is 27.4 Å². The van der Waals surface area contributed by atoms with Crippen molar-refractivity contribution in [2.75, 3.05) is 24.6 Å². The summed E-state index contributed by atoms with van der Waals surface area (Å²) in [6, 6.07) is 7.85. The summed E-state index contributed by atoms with van der Waals surface area (Å²) < 4.78 is 11.6. The second-order valence-electron chi connectivity index (χ2n) is 7.82. The second kappa shape index (κ2) is 7.49. The van der Waals surface area contributed by atoms with Gasteiger partial charge in [0.2, 0.25) is 0 Å². The molecule has 30 heavy (non-hydrogen) atoms. The number of ether oxygens (including phenoxy) is 1. The number of aryl methyl sites for hydroxylation is 2. The molecule has 0 aromatic carbocycles. The van der Waals surface area contributed by atoms with E-state index < -0.39 is 0 Å². The first-order valence-electron chi connectivity index (χ1n) is 10.5. The van der Waals surface area contributed by atoms with Crippen LogP contribution in [0.4, 0.5) is 5.82 Å². The first kappa shape index (κ1) is 18.0. The molecule has 4 aromatic rings. The van der Waals surface area contributed by atoms with E-state index in [-0.39, 0.29) is 6.10 Å². The molecule has 0 amide bonds. The molecule has 1 unspecified atom stereocenters. The molecule has 6 nitrogen and oxygen atoms in total. The van der Waals surface area contributed by atoms with E-state index in [1.807, 2.05) is 41.8 Å². The maximum atomic E-state index is 6.01. The van der Waals surface area contributed by atoms with Crippen molar-refractivity contribution in [3.63, 3.8) is 0 Å². The number of rotatable bonds is 3. The van der Waals surface area contributed by atoms with Gasteiger partial charge in [-0.3, -0.25) is 4.98 Å². The Morgan fingerprint density at radius 1 is 1.10 bits per heavy atom. The number of pyridine rings is 1. The van der Waals surface area contributed by atoms with Crippen LogP contribution in [0.5, 0.6) is 0 Å². The topological polar surface area (TPSA) is 64.3 Å². The highest BCUT2D eigenvalue weighted by Crippen LogP contribution is 2.41. The molecule has 1 fully saturated rings. The molecule has 1 aliphatic heterocycles. The zero-order valence-corrected chi connectivity index (χ0v) is 17.4. The molecule has 5 heterocycles. The minimum atomic E-state index is -0.0879. The van der Waals surface area contributed by atoms with Gasteiger partial charge in [0.05, 0.1) is 24.8 Å². The van der Waals surface area contributed by atoms with Crippen molar-refractivity contribution in [2.24, 2.45) is 0 Å². The van der Waals surface area contributed by atoms with Gasteiger partial charge in [-0.15, -0.1) is 11.3 Å². The summed E-state index contributed by atoms with van der Waals surface area (Å²) in [7, 11) is 0. The fourth-order valence-electron chi connectivity index (χ4n) is 4.48. The fraction of sp³-hybridized carbons (Fsp3) is 0.348. The molecular weight excluding hydrogens is 396 g/mol. The second-order valence-corrected chi connectivity index (χ2v) is 8.91. The van der Waals surface area contributed by atoms with Crippen LogP contribution in [0.1, 0.15) is 35.1 Å². The molecule has 0 saturated carbocycles.